The zero-order valence-electron chi connectivity index (χ0n) is 18.3. The Labute approximate surface area is 203 Å². The fourth-order valence-electron chi connectivity index (χ4n) is 3.57. The first-order chi connectivity index (χ1) is 16.7. The van der Waals surface area contributed by atoms with E-state index in [2.05, 4.69) is 26.0 Å². The number of amides is 1. The van der Waals surface area contributed by atoms with E-state index in [0.717, 1.165) is 5.56 Å². The van der Waals surface area contributed by atoms with Crippen LogP contribution >= 0.6 is 11.6 Å². The maximum Gasteiger partial charge on any atom is 0.307 e. The first kappa shape index (κ1) is 26.2. The number of hydrogen-bond acceptors (Lipinski definition) is 5. The van der Waals surface area contributed by atoms with Gasteiger partial charge in [0.2, 0.25) is 0 Å². The van der Waals surface area contributed by atoms with Crippen molar-refractivity contribution in [3.8, 4) is 11.1 Å². The number of benzene rings is 2. The second-order valence-corrected chi connectivity index (χ2v) is 8.31. The van der Waals surface area contributed by atoms with Crippen LogP contribution in [0.2, 0.25) is 5.02 Å². The molecule has 0 saturated carbocycles. The maximum absolute atomic E-state index is 14.2. The number of carbonyl (C=O) groups excluding carboxylic acids is 1. The highest BCUT2D eigenvalue weighted by molar-refractivity contribution is 6.30. The number of hydrogen-bond donors (Lipinski definition) is 4. The second-order valence-electron chi connectivity index (χ2n) is 7.87. The van der Waals surface area contributed by atoms with Crippen LogP contribution in [0.4, 0.5) is 13.2 Å². The molecule has 2 aromatic carbocycles. The van der Waals surface area contributed by atoms with Gasteiger partial charge in [-0.3, -0.25) is 9.59 Å². The van der Waals surface area contributed by atoms with E-state index in [1.54, 1.807) is 24.3 Å². The maximum atomic E-state index is 14.2. The van der Waals surface area contributed by atoms with Gasteiger partial charge in [-0.15, -0.1) is 0 Å². The van der Waals surface area contributed by atoms with Gasteiger partial charge in [0, 0.05) is 23.2 Å². The van der Waals surface area contributed by atoms with E-state index in [4.69, 9.17) is 11.6 Å². The lowest BCUT2D eigenvalue weighted by Gasteiger charge is -2.23. The largest absolute Gasteiger partial charge is 0.481 e. The molecule has 1 heterocycles. The second kappa shape index (κ2) is 12.3. The number of carboxylic acid groups (broad SMARTS) is 1. The number of aromatic amines is 1. The van der Waals surface area contributed by atoms with E-state index in [0.29, 0.717) is 16.1 Å². The summed E-state index contributed by atoms with van der Waals surface area (Å²) in [5.74, 6) is -3.21. The van der Waals surface area contributed by atoms with E-state index >= 15 is 0 Å². The van der Waals surface area contributed by atoms with Gasteiger partial charge in [-0.25, -0.2) is 13.2 Å². The molecule has 0 saturated heterocycles. The number of alkyl halides is 2. The molecule has 2 atom stereocenters. The van der Waals surface area contributed by atoms with Gasteiger partial charge in [0.05, 0.1) is 18.7 Å². The van der Waals surface area contributed by atoms with E-state index in [9.17, 15) is 27.9 Å². The SMILES string of the molecule is O=C(N[C@H](Cc1ccc(-c2cc(Cl)ccc2F)cc1)CC(CNCC(F)F)C(=O)O)c1cn[nH]n1. The lowest BCUT2D eigenvalue weighted by atomic mass is 9.93. The summed E-state index contributed by atoms with van der Waals surface area (Å²) in [6.45, 7) is -0.829. The van der Waals surface area contributed by atoms with E-state index in [1.807, 2.05) is 0 Å². The molecule has 0 spiro atoms. The summed E-state index contributed by atoms with van der Waals surface area (Å²) in [7, 11) is 0. The summed E-state index contributed by atoms with van der Waals surface area (Å²) in [5, 5.41) is 24.7. The van der Waals surface area contributed by atoms with Gasteiger partial charge in [-0.2, -0.15) is 15.4 Å². The number of halogens is 4. The summed E-state index contributed by atoms with van der Waals surface area (Å²) < 4.78 is 39.1. The molecule has 0 aliphatic rings. The third-order valence-electron chi connectivity index (χ3n) is 5.27. The van der Waals surface area contributed by atoms with E-state index in [1.165, 1.54) is 24.4 Å². The molecule has 35 heavy (non-hydrogen) atoms. The van der Waals surface area contributed by atoms with E-state index in [-0.39, 0.29) is 25.1 Å². The zero-order valence-corrected chi connectivity index (χ0v) is 19.1. The quantitative estimate of drug-likeness (QED) is 0.296. The number of aliphatic carboxylic acids is 1. The van der Waals surface area contributed by atoms with Gasteiger partial charge in [0.25, 0.3) is 12.3 Å². The van der Waals surface area contributed by atoms with Gasteiger partial charge in [-0.05, 0) is 42.2 Å². The van der Waals surface area contributed by atoms with Gasteiger partial charge >= 0.3 is 5.97 Å². The summed E-state index contributed by atoms with van der Waals surface area (Å²) in [6, 6.07) is 10.4. The predicted molar refractivity (Wildman–Crippen MR) is 123 cm³/mol. The highest BCUT2D eigenvalue weighted by Gasteiger charge is 2.25. The molecule has 0 fully saturated rings. The van der Waals surface area contributed by atoms with Gasteiger partial charge in [0.1, 0.15) is 5.82 Å². The van der Waals surface area contributed by atoms with Crippen LogP contribution in [-0.2, 0) is 11.2 Å². The lowest BCUT2D eigenvalue weighted by molar-refractivity contribution is -0.142. The highest BCUT2D eigenvalue weighted by atomic mass is 35.5. The molecule has 1 aromatic heterocycles. The van der Waals surface area contributed by atoms with Crippen molar-refractivity contribution in [2.24, 2.45) is 5.92 Å². The minimum absolute atomic E-state index is 0.0180. The van der Waals surface area contributed by atoms with Gasteiger partial charge < -0.3 is 15.7 Å². The van der Waals surface area contributed by atoms with Crippen LogP contribution in [0.1, 0.15) is 22.5 Å². The summed E-state index contributed by atoms with van der Waals surface area (Å²) in [6.07, 6.45) is -1.19. The summed E-state index contributed by atoms with van der Waals surface area (Å²) >= 11 is 5.97. The molecule has 0 radical (unpaired) electrons. The Balaban J connectivity index is 1.76. The topological polar surface area (TPSA) is 120 Å². The fourth-order valence-corrected chi connectivity index (χ4v) is 3.74. The number of rotatable bonds is 12. The molecule has 186 valence electrons. The third-order valence-corrected chi connectivity index (χ3v) is 5.50. The Morgan fingerprint density at radius 1 is 1.11 bits per heavy atom. The van der Waals surface area contributed by atoms with Gasteiger partial charge in [0.15, 0.2) is 5.69 Å². The normalized spacial score (nSPS) is 12.9. The fraction of sp³-hybridized carbons (Fsp3) is 0.304. The molecular weight excluding hydrogens is 487 g/mol. The Hall–Kier alpha value is -3.44. The first-order valence-electron chi connectivity index (χ1n) is 10.7. The molecule has 3 rings (SSSR count). The average molecular weight is 510 g/mol. The number of nitrogens with zero attached hydrogens (tertiary/aromatic N) is 2. The molecule has 12 heteroatoms. The van der Waals surface area contributed by atoms with E-state index < -0.39 is 42.6 Å². The van der Waals surface area contributed by atoms with Crippen molar-refractivity contribution in [3.63, 3.8) is 0 Å². The standard InChI is InChI=1S/C23H23ClF3N5O3/c24-16-5-6-19(25)18(9-16)14-3-1-13(2-4-14)7-17(30-22(33)20-11-29-32-31-20)8-15(23(34)35)10-28-12-21(26)27/h1-6,9,11,15,17,21,28H,7-8,10,12H2,(H,30,33)(H,34,35)(H,29,31,32)/t15?,17-/m1/s1. The summed E-state index contributed by atoms with van der Waals surface area (Å²) in [5.41, 5.74) is 1.68. The van der Waals surface area contributed by atoms with Crippen molar-refractivity contribution >= 4 is 23.5 Å². The molecule has 0 aliphatic heterocycles. The number of aromatic nitrogens is 3. The number of H-pyrrole nitrogens is 1. The molecule has 3 aromatic rings. The molecule has 0 bridgehead atoms. The van der Waals surface area contributed by atoms with Crippen LogP contribution in [0.15, 0.2) is 48.7 Å². The third kappa shape index (κ3) is 7.79. The number of carboxylic acids is 1. The minimum Gasteiger partial charge on any atom is -0.481 e. The Morgan fingerprint density at radius 2 is 1.86 bits per heavy atom. The van der Waals surface area contributed by atoms with Crippen LogP contribution in [0.5, 0.6) is 0 Å². The van der Waals surface area contributed by atoms with Crippen LogP contribution in [0.25, 0.3) is 11.1 Å². The minimum atomic E-state index is -2.62. The van der Waals surface area contributed by atoms with Gasteiger partial charge in [-0.1, -0.05) is 35.9 Å². The molecule has 1 amide bonds. The van der Waals surface area contributed by atoms with Crippen molar-refractivity contribution in [3.05, 3.63) is 70.8 Å². The smallest absolute Gasteiger partial charge is 0.307 e. The zero-order chi connectivity index (χ0) is 25.4. The van der Waals surface area contributed by atoms with Crippen molar-refractivity contribution in [1.82, 2.24) is 26.0 Å². The van der Waals surface area contributed by atoms with Crippen molar-refractivity contribution < 1.29 is 27.9 Å². The molecule has 0 aliphatic carbocycles. The van der Waals surface area contributed by atoms with Crippen LogP contribution in [0.3, 0.4) is 0 Å². The predicted octanol–water partition coefficient (Wildman–Crippen LogP) is 3.55. The van der Waals surface area contributed by atoms with Crippen molar-refractivity contribution in [2.45, 2.75) is 25.3 Å². The molecular formula is C23H23ClF3N5O3. The van der Waals surface area contributed by atoms with Crippen molar-refractivity contribution in [2.75, 3.05) is 13.1 Å². The van der Waals surface area contributed by atoms with Crippen LogP contribution in [0, 0.1) is 11.7 Å². The Bertz CT molecular complexity index is 1130. The number of carbonyl (C=O) groups is 2. The summed E-state index contributed by atoms with van der Waals surface area (Å²) in [4.78, 5) is 24.2. The molecule has 8 nitrogen and oxygen atoms in total. The Kier molecular flexibility index (Phi) is 9.21. The highest BCUT2D eigenvalue weighted by Crippen LogP contribution is 2.26. The number of nitrogens with one attached hydrogen (secondary N) is 3. The van der Waals surface area contributed by atoms with Crippen LogP contribution in [-0.4, -0.2) is 58.0 Å². The molecule has 1 unspecified atom stereocenters. The Morgan fingerprint density at radius 3 is 2.49 bits per heavy atom. The monoisotopic (exact) mass is 509 g/mol. The first-order valence-corrected chi connectivity index (χ1v) is 11.0. The van der Waals surface area contributed by atoms with Crippen molar-refractivity contribution in [1.29, 1.82) is 0 Å². The molecule has 4 N–H and O–H groups in total. The lowest BCUT2D eigenvalue weighted by Crippen LogP contribution is -2.41. The average Bonchev–Trinajstić information content (AvgIpc) is 3.35. The van der Waals surface area contributed by atoms with Crippen LogP contribution < -0.4 is 10.6 Å².